The number of aliphatic imine (C=N–C) groups is 1. The number of rotatable bonds is 1. The molecule has 1 aliphatic heterocycles. The van der Waals surface area contributed by atoms with Crippen LogP contribution in [0, 0.1) is 0 Å². The molecule has 19 heavy (non-hydrogen) atoms. The van der Waals surface area contributed by atoms with Crippen LogP contribution in [0.1, 0.15) is 11.1 Å². The summed E-state index contributed by atoms with van der Waals surface area (Å²) in [6.45, 7) is 0.900. The van der Waals surface area contributed by atoms with Crippen molar-refractivity contribution >= 4 is 11.9 Å². The number of benzene rings is 1. The van der Waals surface area contributed by atoms with Crippen molar-refractivity contribution in [1.29, 1.82) is 0 Å². The van der Waals surface area contributed by atoms with Gasteiger partial charge in [-0.2, -0.15) is 0 Å². The number of hydrogen-bond donors (Lipinski definition) is 0. The van der Waals surface area contributed by atoms with E-state index in [1.807, 2.05) is 18.6 Å². The highest BCUT2D eigenvalue weighted by Crippen LogP contribution is 2.24. The number of pyridine rings is 1. The van der Waals surface area contributed by atoms with Gasteiger partial charge in [0, 0.05) is 31.3 Å². The lowest BCUT2D eigenvalue weighted by atomic mass is 9.97. The SMILES string of the molecule is C1=NCCc2cc(-c3ccc4nccn4c3)ccc21. The predicted octanol–water partition coefficient (Wildman–Crippen LogP) is 2.98. The summed E-state index contributed by atoms with van der Waals surface area (Å²) in [7, 11) is 0. The molecule has 0 saturated heterocycles. The quantitative estimate of drug-likeness (QED) is 0.650. The van der Waals surface area contributed by atoms with Crippen LogP contribution in [0.15, 0.2) is 53.9 Å². The van der Waals surface area contributed by atoms with Gasteiger partial charge < -0.3 is 4.40 Å². The molecular formula is C16H13N3. The Kier molecular flexibility index (Phi) is 2.24. The maximum Gasteiger partial charge on any atom is 0.136 e. The van der Waals surface area contributed by atoms with Crippen molar-refractivity contribution in [2.75, 3.05) is 6.54 Å². The van der Waals surface area contributed by atoms with E-state index in [4.69, 9.17) is 0 Å². The van der Waals surface area contributed by atoms with Crippen LogP contribution in [0.4, 0.5) is 0 Å². The predicted molar refractivity (Wildman–Crippen MR) is 76.8 cm³/mol. The zero-order chi connectivity index (χ0) is 12.7. The van der Waals surface area contributed by atoms with Crippen molar-refractivity contribution in [3.8, 4) is 11.1 Å². The largest absolute Gasteiger partial charge is 0.306 e. The molecule has 0 N–H and O–H groups in total. The third-order valence-corrected chi connectivity index (χ3v) is 3.61. The summed E-state index contributed by atoms with van der Waals surface area (Å²) in [4.78, 5) is 8.59. The normalized spacial score (nSPS) is 13.7. The number of fused-ring (bicyclic) bond motifs is 2. The van der Waals surface area contributed by atoms with Gasteiger partial charge in [-0.05, 0) is 40.8 Å². The summed E-state index contributed by atoms with van der Waals surface area (Å²) in [6.07, 6.45) is 8.93. The minimum atomic E-state index is 0.900. The van der Waals surface area contributed by atoms with E-state index >= 15 is 0 Å². The molecule has 3 nitrogen and oxygen atoms in total. The second kappa shape index (κ2) is 4.05. The Morgan fingerprint density at radius 3 is 3.00 bits per heavy atom. The summed E-state index contributed by atoms with van der Waals surface area (Å²) in [5.74, 6) is 0. The maximum absolute atomic E-state index is 4.32. The minimum Gasteiger partial charge on any atom is -0.306 e. The average molecular weight is 247 g/mol. The molecule has 0 aliphatic carbocycles. The lowest BCUT2D eigenvalue weighted by Crippen LogP contribution is -2.02. The molecule has 1 aliphatic rings. The molecule has 0 unspecified atom stereocenters. The van der Waals surface area contributed by atoms with Crippen LogP contribution in [0.25, 0.3) is 16.8 Å². The van der Waals surface area contributed by atoms with E-state index in [1.54, 1.807) is 0 Å². The number of nitrogens with zero attached hydrogens (tertiary/aromatic N) is 3. The van der Waals surface area contributed by atoms with Gasteiger partial charge in [0.2, 0.25) is 0 Å². The second-order valence-electron chi connectivity index (χ2n) is 4.81. The van der Waals surface area contributed by atoms with Gasteiger partial charge in [-0.3, -0.25) is 4.99 Å². The molecular weight excluding hydrogens is 234 g/mol. The lowest BCUT2D eigenvalue weighted by molar-refractivity contribution is 0.953. The first-order valence-corrected chi connectivity index (χ1v) is 6.46. The summed E-state index contributed by atoms with van der Waals surface area (Å²) in [5.41, 5.74) is 6.09. The molecule has 3 heteroatoms. The molecule has 0 atom stereocenters. The Labute approximate surface area is 111 Å². The highest BCUT2D eigenvalue weighted by molar-refractivity contribution is 5.84. The smallest absolute Gasteiger partial charge is 0.136 e. The summed E-state index contributed by atoms with van der Waals surface area (Å²) in [5, 5.41) is 0. The highest BCUT2D eigenvalue weighted by Gasteiger charge is 2.07. The Balaban J connectivity index is 1.84. The number of aromatic nitrogens is 2. The van der Waals surface area contributed by atoms with Crippen LogP contribution in [0.2, 0.25) is 0 Å². The molecule has 2 aromatic heterocycles. The topological polar surface area (TPSA) is 29.7 Å². The minimum absolute atomic E-state index is 0.900. The summed E-state index contributed by atoms with van der Waals surface area (Å²) in [6, 6.07) is 10.8. The Hall–Kier alpha value is -2.42. The molecule has 0 bridgehead atoms. The van der Waals surface area contributed by atoms with Crippen LogP contribution in [-0.4, -0.2) is 22.1 Å². The monoisotopic (exact) mass is 247 g/mol. The zero-order valence-electron chi connectivity index (χ0n) is 10.5. The van der Waals surface area contributed by atoms with E-state index in [1.165, 1.54) is 22.3 Å². The fourth-order valence-electron chi connectivity index (χ4n) is 2.57. The van der Waals surface area contributed by atoms with Gasteiger partial charge in [0.1, 0.15) is 5.65 Å². The average Bonchev–Trinajstić information content (AvgIpc) is 2.94. The third-order valence-electron chi connectivity index (χ3n) is 3.61. The van der Waals surface area contributed by atoms with Gasteiger partial charge in [0.25, 0.3) is 0 Å². The number of hydrogen-bond acceptors (Lipinski definition) is 2. The first-order valence-electron chi connectivity index (χ1n) is 6.46. The Morgan fingerprint density at radius 1 is 1.05 bits per heavy atom. The van der Waals surface area contributed by atoms with E-state index in [0.29, 0.717) is 0 Å². The summed E-state index contributed by atoms with van der Waals surface area (Å²) >= 11 is 0. The molecule has 0 amide bonds. The van der Waals surface area contributed by atoms with Crippen molar-refractivity contribution in [3.63, 3.8) is 0 Å². The molecule has 3 heterocycles. The Morgan fingerprint density at radius 2 is 2.00 bits per heavy atom. The fourth-order valence-corrected chi connectivity index (χ4v) is 2.57. The van der Waals surface area contributed by atoms with E-state index < -0.39 is 0 Å². The highest BCUT2D eigenvalue weighted by atomic mass is 15.0. The molecule has 4 rings (SSSR count). The molecule has 0 spiro atoms. The summed E-state index contributed by atoms with van der Waals surface area (Å²) < 4.78 is 2.05. The molecule has 92 valence electrons. The van der Waals surface area contributed by atoms with Crippen molar-refractivity contribution < 1.29 is 0 Å². The van der Waals surface area contributed by atoms with Gasteiger partial charge in [-0.25, -0.2) is 4.98 Å². The Bertz CT molecular complexity index is 784. The van der Waals surface area contributed by atoms with Gasteiger partial charge in [-0.1, -0.05) is 18.2 Å². The van der Waals surface area contributed by atoms with E-state index in [-0.39, 0.29) is 0 Å². The van der Waals surface area contributed by atoms with Crippen LogP contribution in [-0.2, 0) is 6.42 Å². The molecule has 1 aromatic carbocycles. The van der Waals surface area contributed by atoms with Gasteiger partial charge >= 0.3 is 0 Å². The van der Waals surface area contributed by atoms with E-state index in [0.717, 1.165) is 18.6 Å². The second-order valence-corrected chi connectivity index (χ2v) is 4.81. The van der Waals surface area contributed by atoms with Crippen LogP contribution >= 0.6 is 0 Å². The first-order chi connectivity index (χ1) is 9.40. The molecule has 0 saturated carbocycles. The van der Waals surface area contributed by atoms with Gasteiger partial charge in [0.05, 0.1) is 0 Å². The standard InChI is InChI=1S/C16H13N3/c1-2-14-10-17-6-5-13(14)9-12(1)15-3-4-16-18-7-8-19(16)11-15/h1-4,7-11H,5-6H2. The number of imidazole rings is 1. The van der Waals surface area contributed by atoms with Crippen molar-refractivity contribution in [2.24, 2.45) is 4.99 Å². The lowest BCUT2D eigenvalue weighted by Gasteiger charge is -2.12. The fraction of sp³-hybridized carbons (Fsp3) is 0.125. The van der Waals surface area contributed by atoms with Crippen LogP contribution in [0.3, 0.4) is 0 Å². The first kappa shape index (κ1) is 10.5. The van der Waals surface area contributed by atoms with Crippen molar-refractivity contribution in [2.45, 2.75) is 6.42 Å². The maximum atomic E-state index is 4.32. The molecule has 3 aromatic rings. The van der Waals surface area contributed by atoms with Crippen molar-refractivity contribution in [1.82, 2.24) is 9.38 Å². The van der Waals surface area contributed by atoms with Crippen LogP contribution in [0.5, 0.6) is 0 Å². The van der Waals surface area contributed by atoms with Crippen LogP contribution < -0.4 is 0 Å². The third kappa shape index (κ3) is 1.74. The van der Waals surface area contributed by atoms with Gasteiger partial charge in [0.15, 0.2) is 0 Å². The van der Waals surface area contributed by atoms with Crippen molar-refractivity contribution in [3.05, 3.63) is 60.0 Å². The van der Waals surface area contributed by atoms with E-state index in [9.17, 15) is 0 Å². The van der Waals surface area contributed by atoms with Gasteiger partial charge in [-0.15, -0.1) is 0 Å². The zero-order valence-corrected chi connectivity index (χ0v) is 10.5. The van der Waals surface area contributed by atoms with E-state index in [2.05, 4.69) is 50.9 Å². The molecule has 0 radical (unpaired) electrons. The molecule has 0 fully saturated rings.